The van der Waals surface area contributed by atoms with Crippen LogP contribution in [0.25, 0.3) is 0 Å². The van der Waals surface area contributed by atoms with Gasteiger partial charge in [0.1, 0.15) is 11.9 Å². The molecule has 0 saturated carbocycles. The summed E-state index contributed by atoms with van der Waals surface area (Å²) in [5, 5.41) is 7.25. The highest BCUT2D eigenvalue weighted by Crippen LogP contribution is 2.27. The minimum absolute atomic E-state index is 0.212. The van der Waals surface area contributed by atoms with Crippen molar-refractivity contribution in [1.29, 1.82) is 0 Å². The average molecular weight is 351 g/mol. The van der Waals surface area contributed by atoms with Gasteiger partial charge in [0.05, 0.1) is 18.8 Å². The maximum atomic E-state index is 13.1. The molecule has 26 heavy (non-hydrogen) atoms. The number of halogens is 1. The van der Waals surface area contributed by atoms with Gasteiger partial charge in [0, 0.05) is 5.69 Å². The lowest BCUT2D eigenvalue weighted by Gasteiger charge is -2.24. The van der Waals surface area contributed by atoms with Gasteiger partial charge in [-0.05, 0) is 42.8 Å². The van der Waals surface area contributed by atoms with Crippen LogP contribution in [0.5, 0.6) is 0 Å². The zero-order chi connectivity index (χ0) is 18.1. The molecular formula is C20H18FN3O2. The third-order valence-corrected chi connectivity index (χ3v) is 4.42. The van der Waals surface area contributed by atoms with Gasteiger partial charge in [0.25, 0.3) is 5.91 Å². The Bertz CT molecular complexity index is 933. The Hall–Kier alpha value is -2.99. The highest BCUT2D eigenvalue weighted by Gasteiger charge is 2.24. The summed E-state index contributed by atoms with van der Waals surface area (Å²) in [6.45, 7) is 2.83. The lowest BCUT2D eigenvalue weighted by molar-refractivity contribution is -0.00122. The molecule has 1 aliphatic rings. The summed E-state index contributed by atoms with van der Waals surface area (Å²) in [4.78, 5) is 12.4. The van der Waals surface area contributed by atoms with Gasteiger partial charge >= 0.3 is 0 Å². The van der Waals surface area contributed by atoms with E-state index in [1.807, 2.05) is 31.2 Å². The first kappa shape index (κ1) is 16.5. The van der Waals surface area contributed by atoms with Crippen LogP contribution in [0.1, 0.15) is 33.4 Å². The first-order chi connectivity index (χ1) is 12.6. The van der Waals surface area contributed by atoms with Crippen LogP contribution in [-0.4, -0.2) is 15.7 Å². The highest BCUT2D eigenvalue weighted by atomic mass is 19.1. The van der Waals surface area contributed by atoms with Crippen molar-refractivity contribution in [2.24, 2.45) is 0 Å². The number of hydrogen-bond donors (Lipinski definition) is 1. The number of fused-ring (bicyclic) bond motifs is 1. The number of aromatic nitrogens is 2. The molecule has 3 aromatic rings. The fourth-order valence-corrected chi connectivity index (χ4v) is 2.95. The molecule has 1 aromatic heterocycles. The van der Waals surface area contributed by atoms with Gasteiger partial charge in [-0.3, -0.25) is 9.48 Å². The predicted molar refractivity (Wildman–Crippen MR) is 95.3 cm³/mol. The van der Waals surface area contributed by atoms with Crippen LogP contribution in [0.3, 0.4) is 0 Å². The van der Waals surface area contributed by atoms with Crippen LogP contribution in [0.15, 0.2) is 54.6 Å². The van der Waals surface area contributed by atoms with Gasteiger partial charge in [0.15, 0.2) is 5.69 Å². The predicted octanol–water partition coefficient (Wildman–Crippen LogP) is 3.85. The molecule has 2 heterocycles. The van der Waals surface area contributed by atoms with Crippen molar-refractivity contribution in [1.82, 2.24) is 9.78 Å². The topological polar surface area (TPSA) is 56.2 Å². The van der Waals surface area contributed by atoms with E-state index in [2.05, 4.69) is 10.4 Å². The quantitative estimate of drug-likeness (QED) is 0.780. The molecule has 1 atom stereocenters. The van der Waals surface area contributed by atoms with Gasteiger partial charge in [-0.25, -0.2) is 4.39 Å². The molecule has 6 heteroatoms. The zero-order valence-corrected chi connectivity index (χ0v) is 14.3. The maximum Gasteiger partial charge on any atom is 0.276 e. The lowest BCUT2D eigenvalue weighted by Crippen LogP contribution is -2.22. The van der Waals surface area contributed by atoms with Crippen molar-refractivity contribution in [3.8, 4) is 0 Å². The first-order valence-electron chi connectivity index (χ1n) is 8.40. The number of aryl methyl sites for hydroxylation is 1. The Balaban J connectivity index is 1.49. The van der Waals surface area contributed by atoms with Gasteiger partial charge in [0.2, 0.25) is 0 Å². The summed E-state index contributed by atoms with van der Waals surface area (Å²) < 4.78 is 20.7. The number of carbonyl (C=O) groups is 1. The summed E-state index contributed by atoms with van der Waals surface area (Å²) in [5.74, 6) is -0.534. The monoisotopic (exact) mass is 351 g/mol. The van der Waals surface area contributed by atoms with Crippen LogP contribution < -0.4 is 5.32 Å². The van der Waals surface area contributed by atoms with Gasteiger partial charge < -0.3 is 10.1 Å². The van der Waals surface area contributed by atoms with Crippen molar-refractivity contribution in [2.75, 3.05) is 5.32 Å². The third kappa shape index (κ3) is 3.36. The Morgan fingerprint density at radius 3 is 2.65 bits per heavy atom. The van der Waals surface area contributed by atoms with Gasteiger partial charge in [-0.2, -0.15) is 5.10 Å². The molecule has 4 rings (SSSR count). The molecule has 132 valence electrons. The number of ether oxygens (including phenoxy) is 1. The largest absolute Gasteiger partial charge is 0.365 e. The number of hydrogen-bond acceptors (Lipinski definition) is 3. The van der Waals surface area contributed by atoms with E-state index in [4.69, 9.17) is 4.74 Å². The van der Waals surface area contributed by atoms with Crippen molar-refractivity contribution in [2.45, 2.75) is 26.2 Å². The SMILES string of the molecule is Cc1ccc(NC(=O)c2cc3n(n2)C[C@@H](c2ccc(F)cc2)OC3)cc1. The molecular weight excluding hydrogens is 333 g/mol. The smallest absolute Gasteiger partial charge is 0.276 e. The van der Waals surface area contributed by atoms with Crippen LogP contribution in [-0.2, 0) is 17.9 Å². The number of nitrogens with one attached hydrogen (secondary N) is 1. The average Bonchev–Trinajstić information content (AvgIpc) is 3.08. The molecule has 0 aliphatic carbocycles. The minimum Gasteiger partial charge on any atom is -0.365 e. The number of anilines is 1. The van der Waals surface area contributed by atoms with E-state index >= 15 is 0 Å². The molecule has 1 N–H and O–H groups in total. The van der Waals surface area contributed by atoms with Crippen LogP contribution >= 0.6 is 0 Å². The van der Waals surface area contributed by atoms with Crippen molar-refractivity contribution in [3.05, 3.63) is 82.9 Å². The standard InChI is InChI=1S/C20H18FN3O2/c1-13-2-8-16(9-3-13)22-20(25)18-10-17-12-26-19(11-24(17)23-18)14-4-6-15(21)7-5-14/h2-10,19H,11-12H2,1H3,(H,22,25)/t19-/m0/s1. The summed E-state index contributed by atoms with van der Waals surface area (Å²) in [6, 6.07) is 15.6. The summed E-state index contributed by atoms with van der Waals surface area (Å²) in [6.07, 6.45) is -0.212. The normalized spacial score (nSPS) is 16.2. The minimum atomic E-state index is -0.278. The Morgan fingerprint density at radius 1 is 1.19 bits per heavy atom. The molecule has 0 radical (unpaired) electrons. The van der Waals surface area contributed by atoms with Crippen LogP contribution in [0, 0.1) is 12.7 Å². The Kier molecular flexibility index (Phi) is 4.26. The molecule has 1 aliphatic heterocycles. The molecule has 2 aromatic carbocycles. The van der Waals surface area contributed by atoms with E-state index in [0.717, 1.165) is 22.5 Å². The molecule has 0 bridgehead atoms. The maximum absolute atomic E-state index is 13.1. The van der Waals surface area contributed by atoms with E-state index < -0.39 is 0 Å². The number of benzene rings is 2. The highest BCUT2D eigenvalue weighted by molar-refractivity contribution is 6.02. The van der Waals surface area contributed by atoms with E-state index in [1.165, 1.54) is 12.1 Å². The summed E-state index contributed by atoms with van der Waals surface area (Å²) in [5.41, 5.74) is 3.94. The number of rotatable bonds is 3. The fourth-order valence-electron chi connectivity index (χ4n) is 2.95. The second-order valence-corrected chi connectivity index (χ2v) is 6.37. The molecule has 0 fully saturated rings. The van der Waals surface area contributed by atoms with E-state index in [-0.39, 0.29) is 17.8 Å². The van der Waals surface area contributed by atoms with Gasteiger partial charge in [-0.15, -0.1) is 0 Å². The second-order valence-electron chi connectivity index (χ2n) is 6.37. The summed E-state index contributed by atoms with van der Waals surface area (Å²) >= 11 is 0. The Morgan fingerprint density at radius 2 is 1.92 bits per heavy atom. The first-order valence-corrected chi connectivity index (χ1v) is 8.40. The van der Waals surface area contributed by atoms with Crippen molar-refractivity contribution >= 4 is 11.6 Å². The molecule has 0 saturated heterocycles. The summed E-state index contributed by atoms with van der Waals surface area (Å²) in [7, 11) is 0. The van der Waals surface area contributed by atoms with Gasteiger partial charge in [-0.1, -0.05) is 29.8 Å². The molecule has 0 spiro atoms. The number of carbonyl (C=O) groups excluding carboxylic acids is 1. The zero-order valence-electron chi connectivity index (χ0n) is 14.3. The third-order valence-electron chi connectivity index (χ3n) is 4.42. The van der Waals surface area contributed by atoms with Crippen molar-refractivity contribution < 1.29 is 13.9 Å². The Labute approximate surface area is 150 Å². The lowest BCUT2D eigenvalue weighted by atomic mass is 10.1. The second kappa shape index (κ2) is 6.72. The van der Waals surface area contributed by atoms with E-state index in [9.17, 15) is 9.18 Å². The fraction of sp³-hybridized carbons (Fsp3) is 0.200. The van der Waals surface area contributed by atoms with E-state index in [0.29, 0.717) is 18.8 Å². The number of amides is 1. The molecule has 1 amide bonds. The number of nitrogens with zero attached hydrogens (tertiary/aromatic N) is 2. The van der Waals surface area contributed by atoms with Crippen LogP contribution in [0.4, 0.5) is 10.1 Å². The molecule has 5 nitrogen and oxygen atoms in total. The van der Waals surface area contributed by atoms with Crippen molar-refractivity contribution in [3.63, 3.8) is 0 Å². The molecule has 0 unspecified atom stereocenters. The van der Waals surface area contributed by atoms with E-state index in [1.54, 1.807) is 22.9 Å². The van der Waals surface area contributed by atoms with Crippen LogP contribution in [0.2, 0.25) is 0 Å².